The number of aliphatic hydroxyl groups excluding tert-OH is 1. The fourth-order valence-corrected chi connectivity index (χ4v) is 4.26. The first kappa shape index (κ1) is 14.5. The van der Waals surface area contributed by atoms with Crippen molar-refractivity contribution in [3.05, 3.63) is 12.0 Å². The number of rotatable bonds is 5. The van der Waals surface area contributed by atoms with Crippen LogP contribution in [0, 0.1) is 6.92 Å². The second-order valence-corrected chi connectivity index (χ2v) is 6.82. The number of hydrogen-bond donors (Lipinski definition) is 2. The molecule has 6 nitrogen and oxygen atoms in total. The summed E-state index contributed by atoms with van der Waals surface area (Å²) in [6.07, 6.45) is 6.33. The van der Waals surface area contributed by atoms with Crippen LogP contribution in [0.3, 0.4) is 0 Å². The minimum absolute atomic E-state index is 0.00509. The normalized spacial score (nSPS) is 18.1. The molecule has 108 valence electrons. The number of sulfonamides is 1. The molecule has 1 aromatic heterocycles. The molecule has 7 heteroatoms. The van der Waals surface area contributed by atoms with Crippen molar-refractivity contribution in [2.75, 3.05) is 13.2 Å². The molecule has 2 N–H and O–H groups in total. The Morgan fingerprint density at radius 3 is 2.63 bits per heavy atom. The Labute approximate surface area is 113 Å². The maximum absolute atomic E-state index is 12.6. The molecule has 0 atom stereocenters. The summed E-state index contributed by atoms with van der Waals surface area (Å²) in [7, 11) is -3.59. The predicted molar refractivity (Wildman–Crippen MR) is 71.2 cm³/mol. The zero-order valence-corrected chi connectivity index (χ0v) is 12.0. The summed E-state index contributed by atoms with van der Waals surface area (Å²) < 4.78 is 26.6. The molecule has 19 heavy (non-hydrogen) atoms. The van der Waals surface area contributed by atoms with E-state index in [2.05, 4.69) is 9.97 Å². The van der Waals surface area contributed by atoms with Crippen LogP contribution < -0.4 is 0 Å². The lowest BCUT2D eigenvalue weighted by atomic mass is 9.95. The average Bonchev–Trinajstić information content (AvgIpc) is 2.84. The van der Waals surface area contributed by atoms with Crippen molar-refractivity contribution in [2.24, 2.45) is 0 Å². The predicted octanol–water partition coefficient (Wildman–Crippen LogP) is 1.03. The van der Waals surface area contributed by atoms with Gasteiger partial charge in [-0.3, -0.25) is 0 Å². The summed E-state index contributed by atoms with van der Waals surface area (Å²) in [6, 6.07) is -0.00509. The number of hydrogen-bond acceptors (Lipinski definition) is 4. The molecule has 1 heterocycles. The Bertz CT molecular complexity index is 506. The molecule has 1 fully saturated rings. The van der Waals surface area contributed by atoms with E-state index < -0.39 is 10.0 Å². The Kier molecular flexibility index (Phi) is 4.59. The third-order valence-corrected chi connectivity index (χ3v) is 5.43. The summed E-state index contributed by atoms with van der Waals surface area (Å²) in [6.45, 7) is 1.70. The van der Waals surface area contributed by atoms with Crippen molar-refractivity contribution in [3.8, 4) is 0 Å². The zero-order chi connectivity index (χ0) is 13.9. The fourth-order valence-electron chi connectivity index (χ4n) is 2.62. The van der Waals surface area contributed by atoms with E-state index in [1.165, 1.54) is 10.5 Å². The first-order chi connectivity index (χ1) is 9.05. The standard InChI is InChI=1S/C12H21N3O3S/c1-10-13-9-12(14-10)19(17,18)15(7-8-16)11-5-3-2-4-6-11/h9,11,16H,2-8H2,1H3,(H,13,14). The quantitative estimate of drug-likeness (QED) is 0.847. The number of aryl methyl sites for hydroxylation is 1. The van der Waals surface area contributed by atoms with Gasteiger partial charge in [-0.25, -0.2) is 13.4 Å². The van der Waals surface area contributed by atoms with Gasteiger partial charge in [-0.05, 0) is 19.8 Å². The molecule has 0 radical (unpaired) electrons. The highest BCUT2D eigenvalue weighted by molar-refractivity contribution is 7.89. The molecule has 0 spiro atoms. The topological polar surface area (TPSA) is 86.3 Å². The van der Waals surface area contributed by atoms with Gasteiger partial charge in [0.15, 0.2) is 5.03 Å². The van der Waals surface area contributed by atoms with Crippen molar-refractivity contribution >= 4 is 10.0 Å². The number of nitrogens with one attached hydrogen (secondary N) is 1. The SMILES string of the molecule is Cc1ncc(S(=O)(=O)N(CCO)C2CCCCC2)[nH]1. The minimum atomic E-state index is -3.59. The third-order valence-electron chi connectivity index (χ3n) is 3.57. The Morgan fingerprint density at radius 2 is 2.11 bits per heavy atom. The van der Waals surface area contributed by atoms with Gasteiger partial charge in [0.25, 0.3) is 10.0 Å². The molecule has 1 aliphatic carbocycles. The van der Waals surface area contributed by atoms with Gasteiger partial charge >= 0.3 is 0 Å². The van der Waals surface area contributed by atoms with Crippen LogP contribution in [0.25, 0.3) is 0 Å². The van der Waals surface area contributed by atoms with Crippen LogP contribution in [0.2, 0.25) is 0 Å². The van der Waals surface area contributed by atoms with E-state index in [1.807, 2.05) is 0 Å². The maximum Gasteiger partial charge on any atom is 0.260 e. The Hall–Kier alpha value is -0.920. The molecule has 1 saturated carbocycles. The van der Waals surface area contributed by atoms with Crippen LogP contribution in [0.1, 0.15) is 37.9 Å². The Balaban J connectivity index is 2.26. The van der Waals surface area contributed by atoms with Crippen LogP contribution in [0.4, 0.5) is 0 Å². The maximum atomic E-state index is 12.6. The van der Waals surface area contributed by atoms with Crippen LogP contribution in [0.5, 0.6) is 0 Å². The highest BCUT2D eigenvalue weighted by Crippen LogP contribution is 2.26. The van der Waals surface area contributed by atoms with E-state index >= 15 is 0 Å². The highest BCUT2D eigenvalue weighted by Gasteiger charge is 2.32. The van der Waals surface area contributed by atoms with Crippen LogP contribution >= 0.6 is 0 Å². The second kappa shape index (κ2) is 6.02. The smallest absolute Gasteiger partial charge is 0.260 e. The number of nitrogens with zero attached hydrogens (tertiary/aromatic N) is 2. The summed E-state index contributed by atoms with van der Waals surface area (Å²) >= 11 is 0. The van der Waals surface area contributed by atoms with Gasteiger partial charge in [-0.15, -0.1) is 0 Å². The first-order valence-electron chi connectivity index (χ1n) is 6.70. The molecule has 0 aliphatic heterocycles. The zero-order valence-electron chi connectivity index (χ0n) is 11.2. The van der Waals surface area contributed by atoms with E-state index in [-0.39, 0.29) is 24.2 Å². The minimum Gasteiger partial charge on any atom is -0.395 e. The van der Waals surface area contributed by atoms with Gasteiger partial charge in [-0.1, -0.05) is 19.3 Å². The molecule has 0 aromatic carbocycles. The van der Waals surface area contributed by atoms with Gasteiger partial charge in [0.2, 0.25) is 0 Å². The molecular formula is C12H21N3O3S. The molecule has 0 bridgehead atoms. The van der Waals surface area contributed by atoms with E-state index in [9.17, 15) is 8.42 Å². The van der Waals surface area contributed by atoms with Crippen LogP contribution in [-0.4, -0.2) is 47.0 Å². The van der Waals surface area contributed by atoms with Crippen LogP contribution in [0.15, 0.2) is 11.2 Å². The lowest BCUT2D eigenvalue weighted by molar-refractivity contribution is 0.199. The lowest BCUT2D eigenvalue weighted by Gasteiger charge is -2.32. The molecular weight excluding hydrogens is 266 g/mol. The van der Waals surface area contributed by atoms with Gasteiger partial charge in [0.1, 0.15) is 5.82 Å². The van der Waals surface area contributed by atoms with Gasteiger partial charge in [0, 0.05) is 12.6 Å². The first-order valence-corrected chi connectivity index (χ1v) is 8.14. The summed E-state index contributed by atoms with van der Waals surface area (Å²) in [4.78, 5) is 6.72. The summed E-state index contributed by atoms with van der Waals surface area (Å²) in [5, 5.41) is 9.27. The Morgan fingerprint density at radius 1 is 1.42 bits per heavy atom. The van der Waals surface area contributed by atoms with Gasteiger partial charge in [0.05, 0.1) is 12.8 Å². The average molecular weight is 287 g/mol. The molecule has 0 saturated heterocycles. The molecule has 0 unspecified atom stereocenters. The summed E-state index contributed by atoms with van der Waals surface area (Å²) in [5.41, 5.74) is 0. The van der Waals surface area contributed by atoms with E-state index in [1.54, 1.807) is 6.92 Å². The number of aromatic nitrogens is 2. The van der Waals surface area contributed by atoms with Gasteiger partial charge in [-0.2, -0.15) is 4.31 Å². The van der Waals surface area contributed by atoms with Crippen molar-refractivity contribution in [1.29, 1.82) is 0 Å². The molecule has 2 rings (SSSR count). The second-order valence-electron chi connectivity index (χ2n) is 4.96. The van der Waals surface area contributed by atoms with Gasteiger partial charge < -0.3 is 10.1 Å². The summed E-state index contributed by atoms with van der Waals surface area (Å²) in [5.74, 6) is 0.575. The van der Waals surface area contributed by atoms with Crippen molar-refractivity contribution in [1.82, 2.24) is 14.3 Å². The van der Waals surface area contributed by atoms with Crippen LogP contribution in [-0.2, 0) is 10.0 Å². The molecule has 1 aromatic rings. The van der Waals surface area contributed by atoms with Crippen molar-refractivity contribution in [3.63, 3.8) is 0 Å². The molecule has 1 aliphatic rings. The van der Waals surface area contributed by atoms with E-state index in [0.29, 0.717) is 5.82 Å². The van der Waals surface area contributed by atoms with E-state index in [4.69, 9.17) is 5.11 Å². The number of H-pyrrole nitrogens is 1. The lowest BCUT2D eigenvalue weighted by Crippen LogP contribution is -2.43. The monoisotopic (exact) mass is 287 g/mol. The van der Waals surface area contributed by atoms with E-state index in [0.717, 1.165) is 32.1 Å². The number of aromatic amines is 1. The largest absolute Gasteiger partial charge is 0.395 e. The fraction of sp³-hybridized carbons (Fsp3) is 0.750. The number of aliphatic hydroxyl groups is 1. The van der Waals surface area contributed by atoms with Crippen molar-refractivity contribution < 1.29 is 13.5 Å². The third kappa shape index (κ3) is 3.16. The number of imidazole rings is 1. The molecule has 0 amide bonds. The highest BCUT2D eigenvalue weighted by atomic mass is 32.2. The van der Waals surface area contributed by atoms with Crippen molar-refractivity contribution in [2.45, 2.75) is 50.1 Å².